The van der Waals surface area contributed by atoms with E-state index in [0.717, 1.165) is 0 Å². The molecule has 7 nitrogen and oxygen atoms in total. The van der Waals surface area contributed by atoms with Gasteiger partial charge in [0, 0.05) is 7.05 Å². The molecule has 0 unspecified atom stereocenters. The lowest BCUT2D eigenvalue weighted by molar-refractivity contribution is 0.0947. The van der Waals surface area contributed by atoms with E-state index in [1.165, 1.54) is 7.11 Å². The van der Waals surface area contributed by atoms with Crippen LogP contribution in [-0.4, -0.2) is 27.8 Å². The van der Waals surface area contributed by atoms with E-state index in [1.54, 1.807) is 36.3 Å². The molecule has 0 radical (unpaired) electrons. The SMILES string of the molecule is COc1c(N)cccc1C(=O)NCc1ncn(C)n1. The van der Waals surface area contributed by atoms with Crippen molar-refractivity contribution in [2.75, 3.05) is 12.8 Å². The van der Waals surface area contributed by atoms with Crippen molar-refractivity contribution in [1.82, 2.24) is 20.1 Å². The van der Waals surface area contributed by atoms with E-state index >= 15 is 0 Å². The van der Waals surface area contributed by atoms with E-state index in [2.05, 4.69) is 15.4 Å². The predicted octanol–water partition coefficient (Wildman–Crippen LogP) is 0.336. The van der Waals surface area contributed by atoms with Gasteiger partial charge in [-0.15, -0.1) is 0 Å². The summed E-state index contributed by atoms with van der Waals surface area (Å²) in [6.45, 7) is 0.248. The van der Waals surface area contributed by atoms with Crippen molar-refractivity contribution < 1.29 is 9.53 Å². The fraction of sp³-hybridized carbons (Fsp3) is 0.250. The molecular weight excluding hydrogens is 246 g/mol. The molecule has 0 saturated carbocycles. The number of carbonyl (C=O) groups excluding carboxylic acids is 1. The number of nitrogens with two attached hydrogens (primary N) is 1. The molecule has 0 fully saturated rings. The number of hydrogen-bond acceptors (Lipinski definition) is 5. The number of benzene rings is 1. The summed E-state index contributed by atoms with van der Waals surface area (Å²) in [5.41, 5.74) is 6.56. The van der Waals surface area contributed by atoms with Gasteiger partial charge in [-0.25, -0.2) is 4.98 Å². The van der Waals surface area contributed by atoms with E-state index in [4.69, 9.17) is 10.5 Å². The summed E-state index contributed by atoms with van der Waals surface area (Å²) in [5, 5.41) is 6.79. The summed E-state index contributed by atoms with van der Waals surface area (Å²) >= 11 is 0. The Morgan fingerprint density at radius 1 is 1.53 bits per heavy atom. The van der Waals surface area contributed by atoms with Gasteiger partial charge in [-0.05, 0) is 12.1 Å². The Morgan fingerprint density at radius 3 is 2.95 bits per heavy atom. The Labute approximate surface area is 110 Å². The monoisotopic (exact) mass is 261 g/mol. The van der Waals surface area contributed by atoms with Crippen LogP contribution >= 0.6 is 0 Å². The van der Waals surface area contributed by atoms with Crippen LogP contribution in [0.25, 0.3) is 0 Å². The van der Waals surface area contributed by atoms with Gasteiger partial charge >= 0.3 is 0 Å². The first-order valence-electron chi connectivity index (χ1n) is 5.67. The number of methoxy groups -OCH3 is 1. The maximum atomic E-state index is 12.0. The molecule has 2 aromatic rings. The van der Waals surface area contributed by atoms with Crippen LogP contribution in [0, 0.1) is 0 Å². The van der Waals surface area contributed by atoms with Crippen LogP contribution in [-0.2, 0) is 13.6 Å². The molecule has 100 valence electrons. The van der Waals surface area contributed by atoms with Crippen LogP contribution in [0.1, 0.15) is 16.2 Å². The maximum Gasteiger partial charge on any atom is 0.255 e. The van der Waals surface area contributed by atoms with Crippen LogP contribution in [0.2, 0.25) is 0 Å². The molecule has 1 amide bonds. The van der Waals surface area contributed by atoms with Crippen molar-refractivity contribution in [1.29, 1.82) is 0 Å². The second kappa shape index (κ2) is 5.38. The van der Waals surface area contributed by atoms with Gasteiger partial charge in [0.2, 0.25) is 0 Å². The number of anilines is 1. The molecule has 3 N–H and O–H groups in total. The summed E-state index contributed by atoms with van der Waals surface area (Å²) in [5.74, 6) is 0.629. The Kier molecular flexibility index (Phi) is 3.65. The number of aryl methyl sites for hydroxylation is 1. The number of nitrogens with zero attached hydrogens (tertiary/aromatic N) is 3. The molecule has 0 spiro atoms. The predicted molar refractivity (Wildman–Crippen MR) is 69.6 cm³/mol. The number of rotatable bonds is 4. The summed E-state index contributed by atoms with van der Waals surface area (Å²) in [4.78, 5) is 16.1. The highest BCUT2D eigenvalue weighted by molar-refractivity contribution is 5.98. The topological polar surface area (TPSA) is 95.1 Å². The van der Waals surface area contributed by atoms with Crippen molar-refractivity contribution in [3.63, 3.8) is 0 Å². The van der Waals surface area contributed by atoms with Crippen molar-refractivity contribution >= 4 is 11.6 Å². The highest BCUT2D eigenvalue weighted by Crippen LogP contribution is 2.25. The second-order valence-corrected chi connectivity index (χ2v) is 3.95. The van der Waals surface area contributed by atoms with Crippen molar-refractivity contribution in [2.45, 2.75) is 6.54 Å². The number of amides is 1. The van der Waals surface area contributed by atoms with Gasteiger partial charge in [0.25, 0.3) is 5.91 Å². The summed E-state index contributed by atoms with van der Waals surface area (Å²) < 4.78 is 6.70. The minimum atomic E-state index is -0.281. The molecule has 1 aromatic carbocycles. The molecule has 0 aliphatic rings. The van der Waals surface area contributed by atoms with Crippen LogP contribution in [0.5, 0.6) is 5.75 Å². The van der Waals surface area contributed by atoms with Crippen LogP contribution < -0.4 is 15.8 Å². The van der Waals surface area contributed by atoms with Gasteiger partial charge in [0.15, 0.2) is 11.6 Å². The average molecular weight is 261 g/mol. The first-order valence-corrected chi connectivity index (χ1v) is 5.67. The van der Waals surface area contributed by atoms with E-state index in [9.17, 15) is 4.79 Å². The molecular formula is C12H15N5O2. The second-order valence-electron chi connectivity index (χ2n) is 3.95. The number of hydrogen-bond donors (Lipinski definition) is 2. The molecule has 1 heterocycles. The molecule has 19 heavy (non-hydrogen) atoms. The fourth-order valence-corrected chi connectivity index (χ4v) is 1.68. The molecule has 0 aliphatic heterocycles. The zero-order chi connectivity index (χ0) is 13.8. The number of nitrogen functional groups attached to an aromatic ring is 1. The Hall–Kier alpha value is -2.57. The van der Waals surface area contributed by atoms with Gasteiger partial charge in [0.05, 0.1) is 24.9 Å². The van der Waals surface area contributed by atoms with Crippen LogP contribution in [0.4, 0.5) is 5.69 Å². The Balaban J connectivity index is 2.10. The fourth-order valence-electron chi connectivity index (χ4n) is 1.68. The quantitative estimate of drug-likeness (QED) is 0.774. The normalized spacial score (nSPS) is 10.2. The summed E-state index contributed by atoms with van der Waals surface area (Å²) in [7, 11) is 3.24. The third-order valence-corrected chi connectivity index (χ3v) is 2.55. The first kappa shape index (κ1) is 12.9. The number of para-hydroxylation sites is 1. The highest BCUT2D eigenvalue weighted by Gasteiger charge is 2.14. The van der Waals surface area contributed by atoms with Gasteiger partial charge in [-0.3, -0.25) is 9.48 Å². The lowest BCUT2D eigenvalue weighted by Crippen LogP contribution is -2.24. The smallest absolute Gasteiger partial charge is 0.255 e. The van der Waals surface area contributed by atoms with Crippen molar-refractivity contribution in [2.24, 2.45) is 7.05 Å². The molecule has 0 saturated heterocycles. The molecule has 2 rings (SSSR count). The molecule has 7 heteroatoms. The standard InChI is InChI=1S/C12H15N5O2/c1-17-7-15-10(16-17)6-14-12(18)8-4-3-5-9(13)11(8)19-2/h3-5,7H,6,13H2,1-2H3,(H,14,18). The number of carbonyl (C=O) groups is 1. The van der Waals surface area contributed by atoms with Crippen LogP contribution in [0.15, 0.2) is 24.5 Å². The molecule has 0 bridgehead atoms. The molecule has 0 atom stereocenters. The van der Waals surface area contributed by atoms with Gasteiger partial charge in [-0.2, -0.15) is 5.10 Å². The number of aromatic nitrogens is 3. The minimum Gasteiger partial charge on any atom is -0.494 e. The van der Waals surface area contributed by atoms with E-state index in [1.807, 2.05) is 0 Å². The van der Waals surface area contributed by atoms with Crippen LogP contribution in [0.3, 0.4) is 0 Å². The Morgan fingerprint density at radius 2 is 2.32 bits per heavy atom. The highest BCUT2D eigenvalue weighted by atomic mass is 16.5. The zero-order valence-electron chi connectivity index (χ0n) is 10.8. The van der Waals surface area contributed by atoms with Gasteiger partial charge < -0.3 is 15.8 Å². The third kappa shape index (κ3) is 2.82. The van der Waals surface area contributed by atoms with Gasteiger partial charge in [-0.1, -0.05) is 6.07 Å². The number of nitrogens with one attached hydrogen (secondary N) is 1. The lowest BCUT2D eigenvalue weighted by atomic mass is 10.1. The lowest BCUT2D eigenvalue weighted by Gasteiger charge is -2.10. The maximum absolute atomic E-state index is 12.0. The average Bonchev–Trinajstić information content (AvgIpc) is 2.81. The molecule has 0 aliphatic carbocycles. The molecule has 1 aromatic heterocycles. The first-order chi connectivity index (χ1) is 9.11. The van der Waals surface area contributed by atoms with E-state index in [0.29, 0.717) is 22.8 Å². The number of ether oxygens (including phenoxy) is 1. The summed E-state index contributed by atoms with van der Waals surface area (Å²) in [6.07, 6.45) is 1.57. The third-order valence-electron chi connectivity index (χ3n) is 2.55. The summed E-state index contributed by atoms with van der Waals surface area (Å²) in [6, 6.07) is 5.03. The van der Waals surface area contributed by atoms with Crippen molar-refractivity contribution in [3.05, 3.63) is 35.9 Å². The van der Waals surface area contributed by atoms with E-state index in [-0.39, 0.29) is 12.5 Å². The van der Waals surface area contributed by atoms with Crippen molar-refractivity contribution in [3.8, 4) is 5.75 Å². The van der Waals surface area contributed by atoms with E-state index < -0.39 is 0 Å². The Bertz CT molecular complexity index is 594. The van der Waals surface area contributed by atoms with Gasteiger partial charge in [0.1, 0.15) is 6.33 Å². The minimum absolute atomic E-state index is 0.248. The largest absolute Gasteiger partial charge is 0.494 e. The zero-order valence-corrected chi connectivity index (χ0v) is 10.8.